The van der Waals surface area contributed by atoms with E-state index in [1.165, 1.54) is 29.0 Å². The van der Waals surface area contributed by atoms with E-state index in [1.54, 1.807) is 54.8 Å². The Bertz CT molecular complexity index is 1590. The lowest BCUT2D eigenvalue weighted by Crippen LogP contribution is -2.48. The van der Waals surface area contributed by atoms with Gasteiger partial charge >= 0.3 is 0 Å². The summed E-state index contributed by atoms with van der Waals surface area (Å²) in [6, 6.07) is 19.0. The molecular weight excluding hydrogens is 582 g/mol. The molecule has 0 saturated carbocycles. The average molecular weight is 616 g/mol. The van der Waals surface area contributed by atoms with Gasteiger partial charge in [-0.05, 0) is 55.0 Å². The Morgan fingerprint density at radius 3 is 2.37 bits per heavy atom. The maximum absolute atomic E-state index is 13.0. The zero-order valence-electron chi connectivity index (χ0n) is 23.2. The molecule has 0 spiro atoms. The molecular formula is C29H34ClN5O4S2. The van der Waals surface area contributed by atoms with Gasteiger partial charge in [0.05, 0.1) is 22.4 Å². The molecule has 12 heteroatoms. The lowest BCUT2D eigenvalue weighted by Gasteiger charge is -2.34. The number of para-hydroxylation sites is 1. The molecule has 1 aliphatic rings. The van der Waals surface area contributed by atoms with Crippen LogP contribution in [-0.2, 0) is 10.0 Å². The van der Waals surface area contributed by atoms with E-state index in [1.807, 2.05) is 12.1 Å². The summed E-state index contributed by atoms with van der Waals surface area (Å²) in [5, 5.41) is 3.96. The Morgan fingerprint density at radius 2 is 1.71 bits per heavy atom. The van der Waals surface area contributed by atoms with E-state index in [2.05, 4.69) is 28.1 Å². The number of aromatic nitrogens is 1. The number of ether oxygens (including phenoxy) is 1. The molecule has 1 fully saturated rings. The fraction of sp³-hybridized carbons (Fsp3) is 0.310. The third kappa shape index (κ3) is 6.59. The number of rotatable bonds is 9. The van der Waals surface area contributed by atoms with Crippen LogP contribution in [-0.4, -0.2) is 77.6 Å². The number of benzene rings is 3. The molecule has 9 nitrogen and oxygen atoms in total. The number of aryl methyl sites for hydroxylation is 1. The van der Waals surface area contributed by atoms with Gasteiger partial charge in [-0.25, -0.2) is 13.4 Å². The van der Waals surface area contributed by atoms with Crippen LogP contribution < -0.4 is 19.3 Å². The maximum atomic E-state index is 13.0. The van der Waals surface area contributed by atoms with Crippen molar-refractivity contribution < 1.29 is 17.9 Å². The molecule has 0 unspecified atom stereocenters. The van der Waals surface area contributed by atoms with E-state index < -0.39 is 10.0 Å². The second-order valence-corrected chi connectivity index (χ2v) is 12.6. The van der Waals surface area contributed by atoms with Gasteiger partial charge in [-0.2, -0.15) is 0 Å². The molecule has 1 aliphatic heterocycles. The van der Waals surface area contributed by atoms with Crippen LogP contribution in [0.5, 0.6) is 5.75 Å². The minimum absolute atomic E-state index is 0. The first-order valence-electron chi connectivity index (χ1n) is 13.1. The average Bonchev–Trinajstić information content (AvgIpc) is 3.44. The van der Waals surface area contributed by atoms with E-state index in [-0.39, 0.29) is 23.2 Å². The summed E-state index contributed by atoms with van der Waals surface area (Å²) >= 11 is 1.70. The van der Waals surface area contributed by atoms with Gasteiger partial charge in [-0.15, -0.1) is 12.4 Å². The third-order valence-corrected chi connectivity index (χ3v) is 10.2. The number of amides is 1. The highest BCUT2D eigenvalue weighted by molar-refractivity contribution is 7.92. The van der Waals surface area contributed by atoms with Gasteiger partial charge in [0.15, 0.2) is 5.13 Å². The van der Waals surface area contributed by atoms with Crippen molar-refractivity contribution in [3.8, 4) is 5.75 Å². The molecule has 218 valence electrons. The van der Waals surface area contributed by atoms with Crippen molar-refractivity contribution in [1.29, 1.82) is 0 Å². The lowest BCUT2D eigenvalue weighted by molar-refractivity contribution is 0.0947. The zero-order valence-corrected chi connectivity index (χ0v) is 25.7. The lowest BCUT2D eigenvalue weighted by atomic mass is 10.2. The smallest absolute Gasteiger partial charge is 0.264 e. The number of hydrogen-bond acceptors (Lipinski definition) is 8. The Kier molecular flexibility index (Phi) is 9.75. The van der Waals surface area contributed by atoms with Crippen molar-refractivity contribution >= 4 is 60.7 Å². The highest BCUT2D eigenvalue weighted by atomic mass is 35.5. The molecule has 0 atom stereocenters. The monoisotopic (exact) mass is 615 g/mol. The molecule has 0 aliphatic carbocycles. The molecule has 1 aromatic heterocycles. The van der Waals surface area contributed by atoms with Crippen molar-refractivity contribution in [3.63, 3.8) is 0 Å². The summed E-state index contributed by atoms with van der Waals surface area (Å²) in [5.74, 6) is 0.575. The van der Waals surface area contributed by atoms with Gasteiger partial charge in [-0.3, -0.25) is 14.0 Å². The Labute approximate surface area is 251 Å². The van der Waals surface area contributed by atoms with E-state index >= 15 is 0 Å². The predicted molar refractivity (Wildman–Crippen MR) is 168 cm³/mol. The highest BCUT2D eigenvalue weighted by Gasteiger charge is 2.23. The Balaban J connectivity index is 0.00000387. The highest BCUT2D eigenvalue weighted by Crippen LogP contribution is 2.36. The fourth-order valence-corrected chi connectivity index (χ4v) is 7.00. The van der Waals surface area contributed by atoms with Gasteiger partial charge in [0.25, 0.3) is 15.9 Å². The topological polar surface area (TPSA) is 95.1 Å². The number of nitrogens with one attached hydrogen (secondary N) is 1. The van der Waals surface area contributed by atoms with Gasteiger partial charge in [-0.1, -0.05) is 35.6 Å². The second kappa shape index (κ2) is 13.1. The van der Waals surface area contributed by atoms with E-state index in [0.717, 1.165) is 53.8 Å². The minimum Gasteiger partial charge on any atom is -0.494 e. The first-order valence-corrected chi connectivity index (χ1v) is 15.4. The Morgan fingerprint density at radius 1 is 1.02 bits per heavy atom. The zero-order chi connectivity index (χ0) is 28.3. The van der Waals surface area contributed by atoms with Gasteiger partial charge in [0.2, 0.25) is 0 Å². The molecule has 5 rings (SSSR count). The second-order valence-electron chi connectivity index (χ2n) is 9.68. The standard InChI is InChI=1S/C29H33N5O4S2.ClH/c1-21-9-14-25(38-3)26-27(21)39-29(31-26)34-19-17-33(18-20-34)16-15-30-28(35)22-10-12-24(13-11-22)40(36,37)32(2)23-7-5-4-6-8-23;/h4-14H,15-20H2,1-3H3,(H,30,35);1H. The fourth-order valence-electron chi connectivity index (χ4n) is 4.70. The number of carbonyl (C=O) groups is 1. The molecule has 4 aromatic rings. The van der Waals surface area contributed by atoms with Gasteiger partial charge in [0, 0.05) is 51.9 Å². The summed E-state index contributed by atoms with van der Waals surface area (Å²) in [6.45, 7) is 6.82. The molecule has 0 bridgehead atoms. The quantitative estimate of drug-likeness (QED) is 0.298. The molecule has 1 saturated heterocycles. The molecule has 0 radical (unpaired) electrons. The number of halogens is 1. The van der Waals surface area contributed by atoms with Crippen LogP contribution in [0.25, 0.3) is 10.2 Å². The summed E-state index contributed by atoms with van der Waals surface area (Å²) in [7, 11) is -0.534. The van der Waals surface area contributed by atoms with Crippen LogP contribution in [0.3, 0.4) is 0 Å². The molecule has 1 amide bonds. The van der Waals surface area contributed by atoms with Crippen LogP contribution in [0.15, 0.2) is 71.6 Å². The SMILES string of the molecule is COc1ccc(C)c2sc(N3CCN(CCNC(=O)c4ccc(S(=O)(=O)N(C)c5ccccc5)cc4)CC3)nc12.Cl. The number of fused-ring (bicyclic) bond motifs is 1. The third-order valence-electron chi connectivity index (χ3n) is 7.16. The largest absolute Gasteiger partial charge is 0.494 e. The number of thiazole rings is 1. The number of methoxy groups -OCH3 is 1. The number of anilines is 2. The van der Waals surface area contributed by atoms with E-state index in [4.69, 9.17) is 9.72 Å². The van der Waals surface area contributed by atoms with Gasteiger partial charge in [0.1, 0.15) is 11.3 Å². The predicted octanol–water partition coefficient (Wildman–Crippen LogP) is 4.41. The molecule has 2 heterocycles. The number of sulfonamides is 1. The van der Waals surface area contributed by atoms with Crippen molar-refractivity contribution in [2.45, 2.75) is 11.8 Å². The van der Waals surface area contributed by atoms with Crippen molar-refractivity contribution in [2.24, 2.45) is 0 Å². The van der Waals surface area contributed by atoms with Crippen LogP contribution in [0.2, 0.25) is 0 Å². The van der Waals surface area contributed by atoms with Crippen molar-refractivity contribution in [2.75, 3.05) is 62.6 Å². The summed E-state index contributed by atoms with van der Waals surface area (Å²) in [6.07, 6.45) is 0. The normalized spacial score (nSPS) is 14.0. The van der Waals surface area contributed by atoms with E-state index in [0.29, 0.717) is 17.8 Å². The summed E-state index contributed by atoms with van der Waals surface area (Å²) < 4.78 is 33.8. The number of carbonyl (C=O) groups excluding carboxylic acids is 1. The van der Waals surface area contributed by atoms with Gasteiger partial charge < -0.3 is 15.0 Å². The Hall–Kier alpha value is -3.38. The molecule has 1 N–H and O–H groups in total. The van der Waals surface area contributed by atoms with E-state index in [9.17, 15) is 13.2 Å². The minimum atomic E-state index is -3.72. The maximum Gasteiger partial charge on any atom is 0.264 e. The van der Waals surface area contributed by atoms with Crippen molar-refractivity contribution in [1.82, 2.24) is 15.2 Å². The number of piperazine rings is 1. The summed E-state index contributed by atoms with van der Waals surface area (Å²) in [4.78, 5) is 22.3. The number of nitrogens with zero attached hydrogens (tertiary/aromatic N) is 4. The van der Waals surface area contributed by atoms with Crippen molar-refractivity contribution in [3.05, 3.63) is 77.9 Å². The van der Waals surface area contributed by atoms with Crippen LogP contribution in [0.4, 0.5) is 10.8 Å². The van der Waals surface area contributed by atoms with Crippen LogP contribution in [0.1, 0.15) is 15.9 Å². The molecule has 41 heavy (non-hydrogen) atoms. The first kappa shape index (κ1) is 30.6. The molecule has 3 aromatic carbocycles. The van der Waals surface area contributed by atoms with Crippen LogP contribution >= 0.6 is 23.7 Å². The number of hydrogen-bond donors (Lipinski definition) is 1. The van der Waals surface area contributed by atoms with Crippen LogP contribution in [0, 0.1) is 6.92 Å². The first-order chi connectivity index (χ1) is 19.3. The summed E-state index contributed by atoms with van der Waals surface area (Å²) in [5.41, 5.74) is 3.11.